The summed E-state index contributed by atoms with van der Waals surface area (Å²) in [5.41, 5.74) is -0.178. The van der Waals surface area contributed by atoms with Crippen LogP contribution in [0.2, 0.25) is 0 Å². The summed E-state index contributed by atoms with van der Waals surface area (Å²) in [5, 5.41) is 0. The molecule has 1 saturated carbocycles. The van der Waals surface area contributed by atoms with Gasteiger partial charge in [-0.3, -0.25) is 4.79 Å². The van der Waals surface area contributed by atoms with E-state index in [2.05, 4.69) is 6.58 Å². The van der Waals surface area contributed by atoms with Crippen LogP contribution in [0, 0.1) is 5.41 Å². The van der Waals surface area contributed by atoms with E-state index < -0.39 is 0 Å². The first-order chi connectivity index (χ1) is 5.19. The Hall–Kier alpha value is -0.790. The largest absolute Gasteiger partial charge is 0.461 e. The second kappa shape index (κ2) is 3.07. The smallest absolute Gasteiger partial charge is 0.312 e. The molecule has 0 unspecified atom stereocenters. The van der Waals surface area contributed by atoms with Crippen LogP contribution >= 0.6 is 0 Å². The highest BCUT2D eigenvalue weighted by Crippen LogP contribution is 2.41. The lowest BCUT2D eigenvalue weighted by Crippen LogP contribution is -2.36. The number of ether oxygens (including phenoxy) is 1. The van der Waals surface area contributed by atoms with E-state index in [0.717, 1.165) is 19.3 Å². The maximum absolute atomic E-state index is 11.2. The molecule has 0 radical (unpaired) electrons. The summed E-state index contributed by atoms with van der Waals surface area (Å²) >= 11 is 0. The van der Waals surface area contributed by atoms with Crippen LogP contribution in [-0.4, -0.2) is 12.6 Å². The fourth-order valence-corrected chi connectivity index (χ4v) is 1.22. The summed E-state index contributed by atoms with van der Waals surface area (Å²) in [6, 6.07) is 0. The molecule has 0 saturated heterocycles. The molecule has 0 aromatic heterocycles. The molecule has 0 aliphatic heterocycles. The predicted molar refractivity (Wildman–Crippen MR) is 43.1 cm³/mol. The minimum absolute atomic E-state index is 0.0661. The zero-order valence-electron chi connectivity index (χ0n) is 6.93. The van der Waals surface area contributed by atoms with Crippen molar-refractivity contribution >= 4 is 5.97 Å². The summed E-state index contributed by atoms with van der Waals surface area (Å²) in [6.07, 6.45) is 4.70. The Morgan fingerprint density at radius 1 is 1.73 bits per heavy atom. The first-order valence-electron chi connectivity index (χ1n) is 3.97. The topological polar surface area (TPSA) is 26.3 Å². The van der Waals surface area contributed by atoms with Crippen LogP contribution in [0.3, 0.4) is 0 Å². The van der Waals surface area contributed by atoms with Crippen molar-refractivity contribution in [3.63, 3.8) is 0 Å². The lowest BCUT2D eigenvalue weighted by atomic mass is 9.70. The molecule has 0 aromatic carbocycles. The fourth-order valence-electron chi connectivity index (χ4n) is 1.22. The molecule has 0 aromatic rings. The Bertz CT molecular complexity index is 168. The molecule has 0 atom stereocenters. The van der Waals surface area contributed by atoms with Crippen molar-refractivity contribution in [2.24, 2.45) is 5.41 Å². The van der Waals surface area contributed by atoms with Gasteiger partial charge in [0.2, 0.25) is 0 Å². The van der Waals surface area contributed by atoms with Crippen LogP contribution < -0.4 is 0 Å². The molecular weight excluding hydrogens is 140 g/mol. The minimum atomic E-state index is -0.178. The Morgan fingerprint density at radius 3 is 2.73 bits per heavy atom. The van der Waals surface area contributed by atoms with Crippen molar-refractivity contribution in [2.75, 3.05) is 6.61 Å². The average Bonchev–Trinajstić information content (AvgIpc) is 1.95. The highest BCUT2D eigenvalue weighted by molar-refractivity contribution is 5.77. The van der Waals surface area contributed by atoms with Crippen molar-refractivity contribution in [3.8, 4) is 0 Å². The Labute approximate surface area is 67.2 Å². The normalized spacial score (nSPS) is 20.1. The van der Waals surface area contributed by atoms with E-state index in [4.69, 9.17) is 4.74 Å². The van der Waals surface area contributed by atoms with Crippen molar-refractivity contribution < 1.29 is 9.53 Å². The molecule has 2 heteroatoms. The first kappa shape index (κ1) is 8.31. The lowest BCUT2D eigenvalue weighted by molar-refractivity contribution is -0.158. The van der Waals surface area contributed by atoms with Gasteiger partial charge >= 0.3 is 5.97 Å². The summed E-state index contributed by atoms with van der Waals surface area (Å²) in [6.45, 7) is 5.78. The van der Waals surface area contributed by atoms with Gasteiger partial charge in [0, 0.05) is 0 Å². The van der Waals surface area contributed by atoms with E-state index in [9.17, 15) is 4.79 Å². The number of hydrogen-bond donors (Lipinski definition) is 0. The van der Waals surface area contributed by atoms with E-state index >= 15 is 0 Å². The van der Waals surface area contributed by atoms with Gasteiger partial charge in [-0.25, -0.2) is 0 Å². The molecule has 11 heavy (non-hydrogen) atoms. The van der Waals surface area contributed by atoms with Gasteiger partial charge in [-0.05, 0) is 19.8 Å². The van der Waals surface area contributed by atoms with Crippen molar-refractivity contribution in [1.82, 2.24) is 0 Å². The van der Waals surface area contributed by atoms with Gasteiger partial charge in [0.25, 0.3) is 0 Å². The number of carbonyl (C=O) groups is 1. The maximum Gasteiger partial charge on any atom is 0.312 e. The van der Waals surface area contributed by atoms with Gasteiger partial charge in [-0.2, -0.15) is 0 Å². The van der Waals surface area contributed by atoms with E-state index in [1.54, 1.807) is 6.08 Å². The van der Waals surface area contributed by atoms with Gasteiger partial charge in [0.05, 0.1) is 5.41 Å². The third-order valence-electron chi connectivity index (χ3n) is 2.28. The van der Waals surface area contributed by atoms with Crippen LogP contribution in [0.5, 0.6) is 0 Å². The molecule has 1 fully saturated rings. The van der Waals surface area contributed by atoms with E-state index in [1.165, 1.54) is 0 Å². The Kier molecular flexibility index (Phi) is 2.32. The molecule has 0 heterocycles. The van der Waals surface area contributed by atoms with Gasteiger partial charge in [0.1, 0.15) is 6.61 Å². The van der Waals surface area contributed by atoms with E-state index in [-0.39, 0.29) is 11.4 Å². The predicted octanol–water partition coefficient (Wildman–Crippen LogP) is 1.91. The van der Waals surface area contributed by atoms with Crippen LogP contribution in [0.25, 0.3) is 0 Å². The molecule has 62 valence electrons. The molecule has 1 aliphatic rings. The third-order valence-corrected chi connectivity index (χ3v) is 2.28. The molecule has 0 bridgehead atoms. The number of carbonyl (C=O) groups excluding carboxylic acids is 1. The van der Waals surface area contributed by atoms with E-state index in [0.29, 0.717) is 6.61 Å². The zero-order valence-corrected chi connectivity index (χ0v) is 6.93. The molecule has 1 rings (SSSR count). The standard InChI is InChI=1S/C9H14O2/c1-3-7-11-8(10)9(2)5-4-6-9/h3H,1,4-7H2,2H3. The molecule has 0 amide bonds. The minimum Gasteiger partial charge on any atom is -0.461 e. The second-order valence-corrected chi connectivity index (χ2v) is 3.30. The monoisotopic (exact) mass is 154 g/mol. The first-order valence-corrected chi connectivity index (χ1v) is 3.97. The highest BCUT2D eigenvalue weighted by Gasteiger charge is 2.40. The Balaban J connectivity index is 2.34. The quantitative estimate of drug-likeness (QED) is 0.458. The number of hydrogen-bond acceptors (Lipinski definition) is 2. The maximum atomic E-state index is 11.2. The second-order valence-electron chi connectivity index (χ2n) is 3.30. The summed E-state index contributed by atoms with van der Waals surface area (Å²) in [4.78, 5) is 11.2. The van der Waals surface area contributed by atoms with Crippen LogP contribution in [0.4, 0.5) is 0 Å². The summed E-state index contributed by atoms with van der Waals surface area (Å²) in [7, 11) is 0. The fraction of sp³-hybridized carbons (Fsp3) is 0.667. The number of rotatable bonds is 3. The van der Waals surface area contributed by atoms with Crippen molar-refractivity contribution in [1.29, 1.82) is 0 Å². The SMILES string of the molecule is C=CCOC(=O)C1(C)CCC1. The number of esters is 1. The van der Waals surface area contributed by atoms with Gasteiger partial charge in [-0.1, -0.05) is 19.1 Å². The van der Waals surface area contributed by atoms with Crippen LogP contribution in [0.1, 0.15) is 26.2 Å². The summed E-state index contributed by atoms with van der Waals surface area (Å²) < 4.78 is 4.94. The molecule has 0 spiro atoms. The van der Waals surface area contributed by atoms with E-state index in [1.807, 2.05) is 6.92 Å². The van der Waals surface area contributed by atoms with Crippen LogP contribution in [-0.2, 0) is 9.53 Å². The third kappa shape index (κ3) is 1.62. The van der Waals surface area contributed by atoms with Gasteiger partial charge < -0.3 is 4.74 Å². The van der Waals surface area contributed by atoms with Crippen molar-refractivity contribution in [2.45, 2.75) is 26.2 Å². The van der Waals surface area contributed by atoms with Gasteiger partial charge in [0.15, 0.2) is 0 Å². The molecule has 1 aliphatic carbocycles. The van der Waals surface area contributed by atoms with Crippen molar-refractivity contribution in [3.05, 3.63) is 12.7 Å². The lowest BCUT2D eigenvalue weighted by Gasteiger charge is -2.35. The zero-order chi connectivity index (χ0) is 8.32. The molecular formula is C9H14O2. The molecule has 0 N–H and O–H groups in total. The summed E-state index contributed by atoms with van der Waals surface area (Å²) in [5.74, 6) is -0.0661. The average molecular weight is 154 g/mol. The van der Waals surface area contributed by atoms with Gasteiger partial charge in [-0.15, -0.1) is 0 Å². The Morgan fingerprint density at radius 2 is 2.36 bits per heavy atom. The van der Waals surface area contributed by atoms with Crippen LogP contribution in [0.15, 0.2) is 12.7 Å². The molecule has 2 nitrogen and oxygen atoms in total. The highest BCUT2D eigenvalue weighted by atomic mass is 16.5.